The van der Waals surface area contributed by atoms with E-state index in [0.717, 1.165) is 15.5 Å². The number of hydrogen-bond acceptors (Lipinski definition) is 5. The van der Waals surface area contributed by atoms with Crippen molar-refractivity contribution in [1.82, 2.24) is 10.3 Å². The molecule has 0 aromatic carbocycles. The van der Waals surface area contributed by atoms with Crippen LogP contribution in [0.5, 0.6) is 0 Å². The molecule has 0 fully saturated rings. The molecule has 3 aromatic heterocycles. The molecule has 0 atom stereocenters. The number of rotatable bonds is 5. The lowest BCUT2D eigenvalue weighted by molar-refractivity contribution is 0.0949. The molecule has 1 amide bonds. The fourth-order valence-electron chi connectivity index (χ4n) is 1.98. The van der Waals surface area contributed by atoms with Crippen molar-refractivity contribution < 1.29 is 13.6 Å². The number of amides is 1. The lowest BCUT2D eigenvalue weighted by atomic mass is 10.2. The van der Waals surface area contributed by atoms with Crippen LogP contribution in [-0.2, 0) is 6.42 Å². The Morgan fingerprint density at radius 1 is 1.33 bits per heavy atom. The lowest BCUT2D eigenvalue weighted by Crippen LogP contribution is -2.26. The topological polar surface area (TPSA) is 68.3 Å². The summed E-state index contributed by atoms with van der Waals surface area (Å²) < 4.78 is 10.6. The number of aromatic nitrogens is 1. The highest BCUT2D eigenvalue weighted by atomic mass is 32.1. The summed E-state index contributed by atoms with van der Waals surface area (Å²) in [5.74, 6) is 1.12. The second-order valence-corrected chi connectivity index (χ2v) is 5.81. The maximum atomic E-state index is 12.2. The Balaban J connectivity index is 1.66. The van der Waals surface area contributed by atoms with Crippen LogP contribution in [0.15, 0.2) is 45.8 Å². The molecule has 0 aliphatic rings. The standard InChI is InChI=1S/C15H14N2O3S/c1-10-4-5-12(21-10)14-13(17-9-20-14)15(18)16-7-6-11-3-2-8-19-11/h2-5,8-9H,6-7H2,1H3,(H,16,18). The van der Waals surface area contributed by atoms with E-state index in [2.05, 4.69) is 10.3 Å². The van der Waals surface area contributed by atoms with Gasteiger partial charge in [0, 0.05) is 17.8 Å². The highest BCUT2D eigenvalue weighted by Gasteiger charge is 2.19. The van der Waals surface area contributed by atoms with Gasteiger partial charge in [-0.25, -0.2) is 4.98 Å². The first-order valence-electron chi connectivity index (χ1n) is 6.55. The number of furan rings is 1. The van der Waals surface area contributed by atoms with Crippen LogP contribution >= 0.6 is 11.3 Å². The van der Waals surface area contributed by atoms with Gasteiger partial charge in [-0.3, -0.25) is 4.79 Å². The van der Waals surface area contributed by atoms with Crippen LogP contribution in [0.2, 0.25) is 0 Å². The van der Waals surface area contributed by atoms with Crippen LogP contribution in [-0.4, -0.2) is 17.4 Å². The van der Waals surface area contributed by atoms with E-state index in [0.29, 0.717) is 24.4 Å². The first-order chi connectivity index (χ1) is 10.2. The molecule has 0 bridgehead atoms. The summed E-state index contributed by atoms with van der Waals surface area (Å²) in [7, 11) is 0. The van der Waals surface area contributed by atoms with E-state index in [1.54, 1.807) is 17.6 Å². The summed E-state index contributed by atoms with van der Waals surface area (Å²) in [4.78, 5) is 18.3. The van der Waals surface area contributed by atoms with Crippen LogP contribution in [0.25, 0.3) is 10.6 Å². The summed E-state index contributed by atoms with van der Waals surface area (Å²) in [6.45, 7) is 2.50. The zero-order valence-electron chi connectivity index (χ0n) is 11.5. The van der Waals surface area contributed by atoms with Gasteiger partial charge in [0.15, 0.2) is 17.8 Å². The molecule has 0 radical (unpaired) electrons. The predicted molar refractivity (Wildman–Crippen MR) is 79.3 cm³/mol. The van der Waals surface area contributed by atoms with Crippen LogP contribution < -0.4 is 5.32 Å². The first-order valence-corrected chi connectivity index (χ1v) is 7.36. The summed E-state index contributed by atoms with van der Waals surface area (Å²) in [6, 6.07) is 7.62. The number of carbonyl (C=O) groups excluding carboxylic acids is 1. The van der Waals surface area contributed by atoms with Crippen LogP contribution in [0, 0.1) is 6.92 Å². The fraction of sp³-hybridized carbons (Fsp3) is 0.200. The van der Waals surface area contributed by atoms with Gasteiger partial charge < -0.3 is 14.2 Å². The minimum atomic E-state index is -0.239. The van der Waals surface area contributed by atoms with Crippen molar-refractivity contribution >= 4 is 17.2 Å². The van der Waals surface area contributed by atoms with E-state index >= 15 is 0 Å². The number of nitrogens with zero attached hydrogens (tertiary/aromatic N) is 1. The van der Waals surface area contributed by atoms with E-state index in [9.17, 15) is 4.79 Å². The molecule has 0 aliphatic heterocycles. The number of oxazole rings is 1. The molecule has 3 heterocycles. The maximum absolute atomic E-state index is 12.2. The molecule has 6 heteroatoms. The van der Waals surface area contributed by atoms with E-state index in [1.807, 2.05) is 31.2 Å². The second-order valence-electron chi connectivity index (χ2n) is 4.53. The molecule has 1 N–H and O–H groups in total. The minimum absolute atomic E-state index is 0.239. The Hall–Kier alpha value is -2.34. The molecule has 0 aliphatic carbocycles. The average Bonchev–Trinajstić information content (AvgIpc) is 3.18. The van der Waals surface area contributed by atoms with Gasteiger partial charge in [0.25, 0.3) is 5.91 Å². The highest BCUT2D eigenvalue weighted by Crippen LogP contribution is 2.29. The van der Waals surface area contributed by atoms with Gasteiger partial charge in [-0.15, -0.1) is 11.3 Å². The average molecular weight is 302 g/mol. The number of carbonyl (C=O) groups is 1. The molecule has 0 spiro atoms. The molecule has 5 nitrogen and oxygen atoms in total. The van der Waals surface area contributed by atoms with Crippen molar-refractivity contribution in [3.63, 3.8) is 0 Å². The summed E-state index contributed by atoms with van der Waals surface area (Å²) >= 11 is 1.57. The minimum Gasteiger partial charge on any atom is -0.469 e. The monoisotopic (exact) mass is 302 g/mol. The Bertz CT molecular complexity index is 728. The third-order valence-corrected chi connectivity index (χ3v) is 3.98. The number of thiophene rings is 1. The van der Waals surface area contributed by atoms with Crippen molar-refractivity contribution in [2.75, 3.05) is 6.54 Å². The largest absolute Gasteiger partial charge is 0.469 e. The van der Waals surface area contributed by atoms with Crippen molar-refractivity contribution in [3.05, 3.63) is 53.3 Å². The highest BCUT2D eigenvalue weighted by molar-refractivity contribution is 7.15. The first kappa shape index (κ1) is 13.6. The van der Waals surface area contributed by atoms with Gasteiger partial charge in [0.2, 0.25) is 0 Å². The van der Waals surface area contributed by atoms with Gasteiger partial charge in [-0.1, -0.05) is 0 Å². The normalized spacial score (nSPS) is 10.7. The Morgan fingerprint density at radius 2 is 2.24 bits per heavy atom. The van der Waals surface area contributed by atoms with Crippen molar-refractivity contribution in [3.8, 4) is 10.6 Å². The van der Waals surface area contributed by atoms with E-state index < -0.39 is 0 Å². The number of aryl methyl sites for hydroxylation is 1. The predicted octanol–water partition coefficient (Wildman–Crippen LogP) is 3.28. The third kappa shape index (κ3) is 3.05. The van der Waals surface area contributed by atoms with Crippen molar-refractivity contribution in [2.24, 2.45) is 0 Å². The molecule has 21 heavy (non-hydrogen) atoms. The molecule has 108 valence electrons. The van der Waals surface area contributed by atoms with Crippen LogP contribution in [0.4, 0.5) is 0 Å². The third-order valence-electron chi connectivity index (χ3n) is 2.98. The number of hydrogen-bond donors (Lipinski definition) is 1. The number of nitrogens with one attached hydrogen (secondary N) is 1. The van der Waals surface area contributed by atoms with Gasteiger partial charge in [-0.2, -0.15) is 0 Å². The SMILES string of the molecule is Cc1ccc(-c2ocnc2C(=O)NCCc2ccco2)s1. The summed E-state index contributed by atoms with van der Waals surface area (Å²) in [6.07, 6.45) is 3.56. The van der Waals surface area contributed by atoms with Crippen molar-refractivity contribution in [2.45, 2.75) is 13.3 Å². The van der Waals surface area contributed by atoms with E-state index in [4.69, 9.17) is 8.83 Å². The smallest absolute Gasteiger partial charge is 0.273 e. The summed E-state index contributed by atoms with van der Waals surface area (Å²) in [5, 5.41) is 2.82. The quantitative estimate of drug-likeness (QED) is 0.785. The van der Waals surface area contributed by atoms with E-state index in [-0.39, 0.29) is 5.91 Å². The van der Waals surface area contributed by atoms with Crippen LogP contribution in [0.3, 0.4) is 0 Å². The van der Waals surface area contributed by atoms with Gasteiger partial charge >= 0.3 is 0 Å². The molecule has 0 unspecified atom stereocenters. The molecule has 3 aromatic rings. The van der Waals surface area contributed by atoms with Crippen molar-refractivity contribution in [1.29, 1.82) is 0 Å². The van der Waals surface area contributed by atoms with Gasteiger partial charge in [-0.05, 0) is 31.2 Å². The molecular formula is C15H14N2O3S. The molecular weight excluding hydrogens is 288 g/mol. The van der Waals surface area contributed by atoms with Gasteiger partial charge in [0.1, 0.15) is 5.76 Å². The van der Waals surface area contributed by atoms with E-state index in [1.165, 1.54) is 6.39 Å². The lowest BCUT2D eigenvalue weighted by Gasteiger charge is -2.02. The second kappa shape index (κ2) is 5.97. The summed E-state index contributed by atoms with van der Waals surface area (Å²) in [5.41, 5.74) is 0.316. The Morgan fingerprint density at radius 3 is 2.95 bits per heavy atom. The molecule has 0 saturated heterocycles. The zero-order chi connectivity index (χ0) is 14.7. The fourth-order valence-corrected chi connectivity index (χ4v) is 2.83. The zero-order valence-corrected chi connectivity index (χ0v) is 12.3. The molecule has 3 rings (SSSR count). The van der Waals surface area contributed by atoms with Gasteiger partial charge in [0.05, 0.1) is 11.1 Å². The molecule has 0 saturated carbocycles. The Labute approximate surface area is 125 Å². The maximum Gasteiger partial charge on any atom is 0.273 e. The van der Waals surface area contributed by atoms with Crippen LogP contribution in [0.1, 0.15) is 21.1 Å². The Kier molecular flexibility index (Phi) is 3.87.